The smallest absolute Gasteiger partial charge is 0.264 e. The second-order valence-electron chi connectivity index (χ2n) is 4.35. The van der Waals surface area contributed by atoms with Gasteiger partial charge < -0.3 is 5.73 Å². The number of aryl methyl sites for hydroxylation is 1. The van der Waals surface area contributed by atoms with Gasteiger partial charge in [-0.3, -0.25) is 19.2 Å². The highest BCUT2D eigenvalue weighted by atomic mass is 16.2. The quantitative estimate of drug-likeness (QED) is 0.612. The highest BCUT2D eigenvalue weighted by Crippen LogP contribution is 2.28. The minimum atomic E-state index is -0.385. The van der Waals surface area contributed by atoms with Crippen molar-refractivity contribution in [3.8, 4) is 0 Å². The molecular weight excluding hydrogens is 246 g/mol. The molecular formula is C12H11N5O2. The molecule has 0 radical (unpaired) electrons. The van der Waals surface area contributed by atoms with Crippen LogP contribution in [0, 0.1) is 0 Å². The van der Waals surface area contributed by atoms with Gasteiger partial charge in [-0.15, -0.1) is 5.10 Å². The number of benzene rings is 1. The van der Waals surface area contributed by atoms with E-state index in [4.69, 9.17) is 5.73 Å². The van der Waals surface area contributed by atoms with Crippen LogP contribution in [0.3, 0.4) is 0 Å². The summed E-state index contributed by atoms with van der Waals surface area (Å²) in [5, 5.41) is 7.64. The van der Waals surface area contributed by atoms with E-state index in [0.717, 1.165) is 4.90 Å². The zero-order valence-corrected chi connectivity index (χ0v) is 10.2. The molecule has 2 N–H and O–H groups in total. The Morgan fingerprint density at radius 1 is 1.26 bits per heavy atom. The fourth-order valence-corrected chi connectivity index (χ4v) is 2.13. The number of nitrogens with two attached hydrogens (primary N) is 1. The Labute approximate surface area is 108 Å². The van der Waals surface area contributed by atoms with Crippen LogP contribution in [0.15, 0.2) is 24.4 Å². The van der Waals surface area contributed by atoms with Gasteiger partial charge in [0.15, 0.2) is 0 Å². The maximum absolute atomic E-state index is 12.2. The summed E-state index contributed by atoms with van der Waals surface area (Å²) in [6.45, 7) is 0.0969. The third kappa shape index (κ3) is 1.67. The number of carbonyl (C=O) groups is 2. The van der Waals surface area contributed by atoms with E-state index in [1.54, 1.807) is 31.4 Å². The Morgan fingerprint density at radius 2 is 2.05 bits per heavy atom. The van der Waals surface area contributed by atoms with Crippen molar-refractivity contribution >= 4 is 17.5 Å². The van der Waals surface area contributed by atoms with E-state index < -0.39 is 0 Å². The molecule has 1 aliphatic heterocycles. The molecule has 3 rings (SSSR count). The topological polar surface area (TPSA) is 94.1 Å². The molecule has 2 heterocycles. The summed E-state index contributed by atoms with van der Waals surface area (Å²) in [5.74, 6) is -0.735. The third-order valence-electron chi connectivity index (χ3n) is 3.00. The van der Waals surface area contributed by atoms with Crippen molar-refractivity contribution in [3.05, 3.63) is 41.2 Å². The standard InChI is InChI=1S/C12H11N5O2/c1-16-5-7(14-15-16)6-17-11(18)8-3-2-4-9(13)10(8)12(17)19/h2-5H,6,13H2,1H3. The number of carbonyl (C=O) groups excluding carboxylic acids is 2. The van der Waals surface area contributed by atoms with E-state index in [1.165, 1.54) is 4.68 Å². The molecule has 96 valence electrons. The maximum Gasteiger partial charge on any atom is 0.264 e. The SMILES string of the molecule is Cn1cc(CN2C(=O)c3cccc(N)c3C2=O)nn1. The van der Waals surface area contributed by atoms with Crippen LogP contribution in [-0.4, -0.2) is 31.7 Å². The number of fused-ring (bicyclic) bond motifs is 1. The summed E-state index contributed by atoms with van der Waals surface area (Å²) in [6.07, 6.45) is 1.66. The Morgan fingerprint density at radius 3 is 2.68 bits per heavy atom. The van der Waals surface area contributed by atoms with Crippen LogP contribution in [0.1, 0.15) is 26.4 Å². The van der Waals surface area contributed by atoms with E-state index in [-0.39, 0.29) is 23.9 Å². The molecule has 2 aromatic rings. The number of hydrogen-bond donors (Lipinski definition) is 1. The van der Waals surface area contributed by atoms with Crippen molar-refractivity contribution in [3.63, 3.8) is 0 Å². The molecule has 2 amide bonds. The first kappa shape index (κ1) is 11.4. The Kier molecular flexibility index (Phi) is 2.34. The van der Waals surface area contributed by atoms with E-state index in [2.05, 4.69) is 10.3 Å². The predicted molar refractivity (Wildman–Crippen MR) is 66.1 cm³/mol. The molecule has 0 aliphatic carbocycles. The van der Waals surface area contributed by atoms with Gasteiger partial charge >= 0.3 is 0 Å². The number of rotatable bonds is 2. The molecule has 1 aromatic heterocycles. The van der Waals surface area contributed by atoms with E-state index in [9.17, 15) is 9.59 Å². The maximum atomic E-state index is 12.2. The molecule has 0 unspecified atom stereocenters. The van der Waals surface area contributed by atoms with Crippen LogP contribution in [0.5, 0.6) is 0 Å². The second kappa shape index (κ2) is 3.91. The first-order valence-electron chi connectivity index (χ1n) is 5.68. The number of nitrogens with zero attached hydrogens (tertiary/aromatic N) is 4. The number of imide groups is 1. The van der Waals surface area contributed by atoms with Crippen molar-refractivity contribution in [1.29, 1.82) is 0 Å². The highest BCUT2D eigenvalue weighted by Gasteiger charge is 2.37. The van der Waals surface area contributed by atoms with E-state index in [0.29, 0.717) is 16.9 Å². The van der Waals surface area contributed by atoms with Gasteiger partial charge in [-0.05, 0) is 12.1 Å². The lowest BCUT2D eigenvalue weighted by Gasteiger charge is -2.11. The number of anilines is 1. The summed E-state index contributed by atoms with van der Waals surface area (Å²) in [7, 11) is 1.72. The molecule has 0 saturated carbocycles. The van der Waals surface area contributed by atoms with Gasteiger partial charge in [0.05, 0.1) is 17.7 Å². The molecule has 1 aliphatic rings. The van der Waals surface area contributed by atoms with Crippen molar-refractivity contribution in [1.82, 2.24) is 19.9 Å². The number of aromatic nitrogens is 3. The zero-order valence-electron chi connectivity index (χ0n) is 10.2. The predicted octanol–water partition coefficient (Wildman–Crippen LogP) is 0.194. The minimum Gasteiger partial charge on any atom is -0.398 e. The molecule has 19 heavy (non-hydrogen) atoms. The summed E-state index contributed by atoms with van der Waals surface area (Å²) >= 11 is 0. The molecule has 0 bridgehead atoms. The van der Waals surface area contributed by atoms with Crippen LogP contribution in [0.2, 0.25) is 0 Å². The summed E-state index contributed by atoms with van der Waals surface area (Å²) in [6, 6.07) is 4.86. The molecule has 7 heteroatoms. The van der Waals surface area contributed by atoms with Gasteiger partial charge in [0.2, 0.25) is 0 Å². The van der Waals surface area contributed by atoms with Crippen LogP contribution in [0.4, 0.5) is 5.69 Å². The first-order chi connectivity index (χ1) is 9.08. The fourth-order valence-electron chi connectivity index (χ4n) is 2.13. The van der Waals surface area contributed by atoms with Crippen molar-refractivity contribution < 1.29 is 9.59 Å². The normalized spacial score (nSPS) is 14.1. The van der Waals surface area contributed by atoms with Gasteiger partial charge in [0.1, 0.15) is 5.69 Å². The number of nitrogen functional groups attached to an aromatic ring is 1. The Balaban J connectivity index is 1.97. The van der Waals surface area contributed by atoms with E-state index in [1.807, 2.05) is 0 Å². The molecule has 0 spiro atoms. The summed E-state index contributed by atoms with van der Waals surface area (Å²) < 4.78 is 1.52. The largest absolute Gasteiger partial charge is 0.398 e. The number of amides is 2. The molecule has 0 saturated heterocycles. The monoisotopic (exact) mass is 257 g/mol. The van der Waals surface area contributed by atoms with E-state index >= 15 is 0 Å². The minimum absolute atomic E-state index is 0.0969. The summed E-state index contributed by atoms with van der Waals surface area (Å²) in [4.78, 5) is 25.5. The lowest BCUT2D eigenvalue weighted by atomic mass is 10.1. The van der Waals surface area contributed by atoms with Crippen LogP contribution < -0.4 is 5.73 Å². The van der Waals surface area contributed by atoms with Gasteiger partial charge in [0.25, 0.3) is 11.8 Å². The number of hydrogen-bond acceptors (Lipinski definition) is 5. The van der Waals surface area contributed by atoms with Crippen LogP contribution in [-0.2, 0) is 13.6 Å². The van der Waals surface area contributed by atoms with Crippen LogP contribution in [0.25, 0.3) is 0 Å². The van der Waals surface area contributed by atoms with Gasteiger partial charge in [-0.1, -0.05) is 11.3 Å². The average Bonchev–Trinajstić information content (AvgIpc) is 2.88. The molecule has 1 aromatic carbocycles. The van der Waals surface area contributed by atoms with Gasteiger partial charge in [-0.2, -0.15) is 0 Å². The van der Waals surface area contributed by atoms with Crippen molar-refractivity contribution in [2.75, 3.05) is 5.73 Å². The molecule has 0 fully saturated rings. The van der Waals surface area contributed by atoms with Crippen molar-refractivity contribution in [2.24, 2.45) is 7.05 Å². The van der Waals surface area contributed by atoms with Gasteiger partial charge in [-0.25, -0.2) is 0 Å². The lowest BCUT2D eigenvalue weighted by Crippen LogP contribution is -2.29. The second-order valence-corrected chi connectivity index (χ2v) is 4.35. The lowest BCUT2D eigenvalue weighted by molar-refractivity contribution is 0.0641. The van der Waals surface area contributed by atoms with Crippen molar-refractivity contribution in [2.45, 2.75) is 6.54 Å². The fraction of sp³-hybridized carbons (Fsp3) is 0.167. The third-order valence-corrected chi connectivity index (χ3v) is 3.00. The zero-order chi connectivity index (χ0) is 13.6. The Bertz CT molecular complexity index is 691. The van der Waals surface area contributed by atoms with Crippen LogP contribution >= 0.6 is 0 Å². The van der Waals surface area contributed by atoms with Gasteiger partial charge in [0, 0.05) is 18.9 Å². The molecule has 0 atom stereocenters. The Hall–Kier alpha value is -2.70. The summed E-state index contributed by atoms with van der Waals surface area (Å²) in [5.41, 5.74) is 7.24. The molecule has 7 nitrogen and oxygen atoms in total. The highest BCUT2D eigenvalue weighted by molar-refractivity contribution is 6.23. The average molecular weight is 257 g/mol. The first-order valence-corrected chi connectivity index (χ1v) is 5.68.